The van der Waals surface area contributed by atoms with E-state index < -0.39 is 0 Å². The summed E-state index contributed by atoms with van der Waals surface area (Å²) in [6, 6.07) is 0.868. The molecule has 52 valence electrons. The van der Waals surface area contributed by atoms with E-state index in [9.17, 15) is 0 Å². The Hall–Kier alpha value is 0.310. The van der Waals surface area contributed by atoms with Crippen molar-refractivity contribution in [2.75, 3.05) is 18.6 Å². The first-order valence-electron chi connectivity index (χ1n) is 3.62. The first-order chi connectivity index (χ1) is 4.37. The fourth-order valence-corrected chi connectivity index (χ4v) is 3.38. The van der Waals surface area contributed by atoms with Crippen LogP contribution < -0.4 is 5.32 Å². The van der Waals surface area contributed by atoms with Crippen molar-refractivity contribution in [3.8, 4) is 0 Å². The summed E-state index contributed by atoms with van der Waals surface area (Å²) >= 11 is 2.12. The second kappa shape index (κ2) is 1.89. The van der Waals surface area contributed by atoms with Crippen LogP contribution in [0.5, 0.6) is 0 Å². The maximum atomic E-state index is 3.36. The molecule has 1 spiro atoms. The molecule has 2 atom stereocenters. The first-order valence-corrected chi connectivity index (χ1v) is 4.78. The molecule has 2 rings (SSSR count). The fraction of sp³-hybridized carbons (Fsp3) is 1.00. The molecule has 2 fully saturated rings. The van der Waals surface area contributed by atoms with Crippen LogP contribution in [0.1, 0.15) is 12.8 Å². The van der Waals surface area contributed by atoms with Gasteiger partial charge in [-0.2, -0.15) is 11.8 Å². The predicted octanol–water partition coefficient (Wildman–Crippen LogP) is 1.10. The van der Waals surface area contributed by atoms with Crippen molar-refractivity contribution in [1.82, 2.24) is 5.32 Å². The van der Waals surface area contributed by atoms with Crippen molar-refractivity contribution in [2.45, 2.75) is 18.9 Å². The molecule has 9 heavy (non-hydrogen) atoms. The zero-order chi connectivity index (χ0) is 6.32. The van der Waals surface area contributed by atoms with E-state index in [0.717, 1.165) is 11.5 Å². The van der Waals surface area contributed by atoms with E-state index in [-0.39, 0.29) is 0 Å². The zero-order valence-corrected chi connectivity index (χ0v) is 6.63. The lowest BCUT2D eigenvalue weighted by molar-refractivity contribution is 0.532. The molecule has 1 saturated heterocycles. The van der Waals surface area contributed by atoms with Crippen LogP contribution in [-0.4, -0.2) is 24.6 Å². The molecule has 1 saturated carbocycles. The van der Waals surface area contributed by atoms with Crippen LogP contribution in [-0.2, 0) is 0 Å². The molecule has 1 N–H and O–H groups in total. The van der Waals surface area contributed by atoms with E-state index in [1.807, 2.05) is 0 Å². The predicted molar refractivity (Wildman–Crippen MR) is 41.8 cm³/mol. The van der Waals surface area contributed by atoms with E-state index in [4.69, 9.17) is 0 Å². The second-order valence-electron chi connectivity index (χ2n) is 3.21. The van der Waals surface area contributed by atoms with Crippen LogP contribution in [0, 0.1) is 5.41 Å². The van der Waals surface area contributed by atoms with Gasteiger partial charge in [-0.15, -0.1) is 0 Å². The number of thioether (sulfide) groups is 1. The van der Waals surface area contributed by atoms with Crippen LogP contribution in [0.2, 0.25) is 0 Å². The average Bonchev–Trinajstić information content (AvgIpc) is 2.30. The number of rotatable bonds is 1. The van der Waals surface area contributed by atoms with Gasteiger partial charge in [-0.05, 0) is 31.1 Å². The Balaban J connectivity index is 1.97. The maximum absolute atomic E-state index is 3.36. The molecule has 1 nitrogen and oxygen atoms in total. The third-order valence-electron chi connectivity index (χ3n) is 2.67. The molecular formula is C7H13NS. The van der Waals surface area contributed by atoms with Gasteiger partial charge < -0.3 is 5.32 Å². The molecule has 0 radical (unpaired) electrons. The van der Waals surface area contributed by atoms with Crippen molar-refractivity contribution in [3.63, 3.8) is 0 Å². The third-order valence-corrected chi connectivity index (χ3v) is 3.94. The van der Waals surface area contributed by atoms with Crippen LogP contribution in [0.3, 0.4) is 0 Å². The van der Waals surface area contributed by atoms with Crippen molar-refractivity contribution in [2.24, 2.45) is 5.41 Å². The van der Waals surface area contributed by atoms with Gasteiger partial charge in [-0.1, -0.05) is 0 Å². The molecule has 1 heterocycles. The molecule has 2 unspecified atom stereocenters. The first kappa shape index (κ1) is 6.05. The summed E-state index contributed by atoms with van der Waals surface area (Å²) in [6.45, 7) is 0. The van der Waals surface area contributed by atoms with Crippen LogP contribution in [0.15, 0.2) is 0 Å². The van der Waals surface area contributed by atoms with Gasteiger partial charge in [0.15, 0.2) is 0 Å². The van der Waals surface area contributed by atoms with E-state index in [1.54, 1.807) is 0 Å². The minimum atomic E-state index is 0.763. The summed E-state index contributed by atoms with van der Waals surface area (Å²) in [7, 11) is 2.09. The number of hydrogen-bond acceptors (Lipinski definition) is 2. The minimum absolute atomic E-state index is 0.763. The van der Waals surface area contributed by atoms with Crippen molar-refractivity contribution in [1.29, 1.82) is 0 Å². The highest BCUT2D eigenvalue weighted by atomic mass is 32.2. The van der Waals surface area contributed by atoms with Gasteiger partial charge in [0.05, 0.1) is 0 Å². The van der Waals surface area contributed by atoms with Gasteiger partial charge in [0.2, 0.25) is 0 Å². The Labute approximate surface area is 60.6 Å². The summed E-state index contributed by atoms with van der Waals surface area (Å²) in [6.07, 6.45) is 2.90. The number of hydrogen-bond donors (Lipinski definition) is 1. The molecule has 0 amide bonds. The average molecular weight is 143 g/mol. The van der Waals surface area contributed by atoms with Gasteiger partial charge in [0.25, 0.3) is 0 Å². The Kier molecular flexibility index (Phi) is 1.27. The van der Waals surface area contributed by atoms with E-state index in [2.05, 4.69) is 24.1 Å². The monoisotopic (exact) mass is 143 g/mol. The molecule has 0 aromatic heterocycles. The Morgan fingerprint density at radius 1 is 1.67 bits per heavy atom. The Morgan fingerprint density at radius 2 is 2.56 bits per heavy atom. The smallest absolute Gasteiger partial charge is 0.0135 e. The van der Waals surface area contributed by atoms with E-state index in [0.29, 0.717) is 0 Å². The number of nitrogens with one attached hydrogen (secondary N) is 1. The summed E-state index contributed by atoms with van der Waals surface area (Å²) in [5.74, 6) is 2.82. The van der Waals surface area contributed by atoms with Gasteiger partial charge in [0, 0.05) is 11.8 Å². The quantitative estimate of drug-likeness (QED) is 0.590. The van der Waals surface area contributed by atoms with Crippen LogP contribution in [0.25, 0.3) is 0 Å². The van der Waals surface area contributed by atoms with Crippen molar-refractivity contribution in [3.05, 3.63) is 0 Å². The van der Waals surface area contributed by atoms with Gasteiger partial charge >= 0.3 is 0 Å². The van der Waals surface area contributed by atoms with Crippen LogP contribution in [0.4, 0.5) is 0 Å². The van der Waals surface area contributed by atoms with Gasteiger partial charge in [0.1, 0.15) is 0 Å². The van der Waals surface area contributed by atoms with Gasteiger partial charge in [-0.25, -0.2) is 0 Å². The van der Waals surface area contributed by atoms with Crippen LogP contribution >= 0.6 is 11.8 Å². The SMILES string of the molecule is CNC1CC12CCSC2. The second-order valence-corrected chi connectivity index (χ2v) is 4.32. The summed E-state index contributed by atoms with van der Waals surface area (Å²) < 4.78 is 0. The molecular weight excluding hydrogens is 130 g/mol. The topological polar surface area (TPSA) is 12.0 Å². The molecule has 1 aliphatic carbocycles. The fourth-order valence-electron chi connectivity index (χ4n) is 1.81. The lowest BCUT2D eigenvalue weighted by Crippen LogP contribution is -2.17. The molecule has 0 aromatic carbocycles. The van der Waals surface area contributed by atoms with Gasteiger partial charge in [-0.3, -0.25) is 0 Å². The lowest BCUT2D eigenvalue weighted by atomic mass is 10.1. The summed E-state index contributed by atoms with van der Waals surface area (Å²) in [4.78, 5) is 0. The molecule has 2 aliphatic rings. The van der Waals surface area contributed by atoms with Crippen molar-refractivity contribution >= 4 is 11.8 Å². The van der Waals surface area contributed by atoms with E-state index >= 15 is 0 Å². The molecule has 0 aromatic rings. The molecule has 1 aliphatic heterocycles. The highest BCUT2D eigenvalue weighted by Crippen LogP contribution is 2.55. The Morgan fingerprint density at radius 3 is 3.00 bits per heavy atom. The Bertz CT molecular complexity index is 118. The summed E-state index contributed by atoms with van der Waals surface area (Å²) in [5.41, 5.74) is 0.763. The van der Waals surface area contributed by atoms with Crippen molar-refractivity contribution < 1.29 is 0 Å². The normalized spacial score (nSPS) is 48.3. The maximum Gasteiger partial charge on any atom is 0.0135 e. The highest BCUT2D eigenvalue weighted by molar-refractivity contribution is 7.99. The minimum Gasteiger partial charge on any atom is -0.316 e. The van der Waals surface area contributed by atoms with E-state index in [1.165, 1.54) is 24.3 Å². The molecule has 0 bridgehead atoms. The zero-order valence-electron chi connectivity index (χ0n) is 5.81. The highest BCUT2D eigenvalue weighted by Gasteiger charge is 2.54. The molecule has 2 heteroatoms. The summed E-state index contributed by atoms with van der Waals surface area (Å²) in [5, 5.41) is 3.36. The third kappa shape index (κ3) is 0.802. The largest absolute Gasteiger partial charge is 0.316 e. The lowest BCUT2D eigenvalue weighted by Gasteiger charge is -2.03. The standard InChI is InChI=1S/C7H13NS/c1-8-6-4-7(6)2-3-9-5-7/h6,8H,2-5H2,1H3.